The number of rotatable bonds is 11. The topological polar surface area (TPSA) is 52.3 Å². The third-order valence-electron chi connectivity index (χ3n) is 4.14. The van der Waals surface area contributed by atoms with Gasteiger partial charge in [-0.2, -0.15) is 0 Å². The molecule has 0 aliphatic rings. The fourth-order valence-electron chi connectivity index (χ4n) is 2.58. The first kappa shape index (κ1) is 20.0. The summed E-state index contributed by atoms with van der Waals surface area (Å²) in [6.07, 6.45) is 8.62. The summed E-state index contributed by atoms with van der Waals surface area (Å²) < 4.78 is 5.65. The van der Waals surface area contributed by atoms with Crippen LogP contribution in [-0.2, 0) is 4.74 Å². The summed E-state index contributed by atoms with van der Waals surface area (Å²) in [5, 5.41) is 0.417. The van der Waals surface area contributed by atoms with E-state index in [9.17, 15) is 4.79 Å². The molecule has 0 radical (unpaired) electrons. The molecule has 0 aliphatic carbocycles. The van der Waals surface area contributed by atoms with Gasteiger partial charge in [-0.3, -0.25) is 0 Å². The summed E-state index contributed by atoms with van der Waals surface area (Å²) >= 11 is 6.06. The molecular formula is C19H30ClNO2. The Morgan fingerprint density at radius 3 is 2.43 bits per heavy atom. The van der Waals surface area contributed by atoms with E-state index >= 15 is 0 Å². The summed E-state index contributed by atoms with van der Waals surface area (Å²) in [6.45, 7) is 4.23. The van der Waals surface area contributed by atoms with Crippen LogP contribution in [-0.4, -0.2) is 18.1 Å². The maximum absolute atomic E-state index is 12.3. The van der Waals surface area contributed by atoms with E-state index in [2.05, 4.69) is 6.92 Å². The fraction of sp³-hybridized carbons (Fsp3) is 0.632. The summed E-state index contributed by atoms with van der Waals surface area (Å²) in [5.41, 5.74) is 6.54. The third-order valence-corrected chi connectivity index (χ3v) is 4.47. The second-order valence-corrected chi connectivity index (χ2v) is 6.46. The normalized spacial score (nSPS) is 13.6. The van der Waals surface area contributed by atoms with Crippen LogP contribution in [0, 0.1) is 0 Å². The van der Waals surface area contributed by atoms with Gasteiger partial charge in [-0.05, 0) is 31.4 Å². The molecule has 0 spiro atoms. The molecular weight excluding hydrogens is 310 g/mol. The van der Waals surface area contributed by atoms with Gasteiger partial charge in [0.2, 0.25) is 0 Å². The Bertz CT molecular complexity index is 464. The van der Waals surface area contributed by atoms with Crippen LogP contribution in [0.25, 0.3) is 0 Å². The zero-order valence-corrected chi connectivity index (χ0v) is 15.1. The molecule has 2 atom stereocenters. The smallest absolute Gasteiger partial charge is 0.339 e. The lowest BCUT2D eigenvalue weighted by molar-refractivity contribution is 0.0205. The first-order valence-electron chi connectivity index (χ1n) is 8.81. The lowest BCUT2D eigenvalue weighted by Gasteiger charge is -2.23. The zero-order chi connectivity index (χ0) is 17.1. The van der Waals surface area contributed by atoms with Crippen molar-refractivity contribution >= 4 is 17.6 Å². The minimum atomic E-state index is -0.379. The molecule has 0 fully saturated rings. The van der Waals surface area contributed by atoms with Gasteiger partial charge < -0.3 is 10.5 Å². The Morgan fingerprint density at radius 2 is 1.78 bits per heavy atom. The van der Waals surface area contributed by atoms with Crippen LogP contribution in [0.5, 0.6) is 0 Å². The van der Waals surface area contributed by atoms with Crippen LogP contribution in [0.15, 0.2) is 24.3 Å². The van der Waals surface area contributed by atoms with Crippen LogP contribution in [0.3, 0.4) is 0 Å². The van der Waals surface area contributed by atoms with E-state index in [0.717, 1.165) is 25.7 Å². The van der Waals surface area contributed by atoms with E-state index in [4.69, 9.17) is 22.1 Å². The predicted octanol–water partition coefficient (Wildman–Crippen LogP) is 5.35. The second-order valence-electron chi connectivity index (χ2n) is 6.05. The molecule has 1 rings (SSSR count). The summed E-state index contributed by atoms with van der Waals surface area (Å²) in [7, 11) is 0. The van der Waals surface area contributed by atoms with Gasteiger partial charge in [-0.25, -0.2) is 4.79 Å². The number of hydrogen-bond donors (Lipinski definition) is 1. The SMILES string of the molecule is CCCCCCCCC(OC(=O)c1ccccc1Cl)C(N)CC. The van der Waals surface area contributed by atoms with Crippen molar-refractivity contribution in [2.45, 2.75) is 77.4 Å². The van der Waals surface area contributed by atoms with Crippen molar-refractivity contribution in [3.63, 3.8) is 0 Å². The third kappa shape index (κ3) is 7.36. The number of nitrogens with two attached hydrogens (primary N) is 1. The standard InChI is InChI=1S/C19H30ClNO2/c1-3-5-6-7-8-9-14-18(17(21)4-2)23-19(22)15-12-10-11-13-16(15)20/h10-13,17-18H,3-9,14,21H2,1-2H3. The van der Waals surface area contributed by atoms with E-state index < -0.39 is 0 Å². The van der Waals surface area contributed by atoms with Gasteiger partial charge in [0.15, 0.2) is 0 Å². The first-order chi connectivity index (χ1) is 11.1. The highest BCUT2D eigenvalue weighted by Crippen LogP contribution is 2.19. The van der Waals surface area contributed by atoms with Gasteiger partial charge in [0.05, 0.1) is 10.6 Å². The minimum absolute atomic E-state index is 0.128. The lowest BCUT2D eigenvalue weighted by atomic mass is 10.0. The van der Waals surface area contributed by atoms with E-state index in [-0.39, 0.29) is 18.1 Å². The minimum Gasteiger partial charge on any atom is -0.457 e. The molecule has 0 heterocycles. The molecule has 0 saturated carbocycles. The van der Waals surface area contributed by atoms with Crippen molar-refractivity contribution in [3.05, 3.63) is 34.9 Å². The molecule has 0 aromatic heterocycles. The van der Waals surface area contributed by atoms with E-state index in [1.165, 1.54) is 25.7 Å². The van der Waals surface area contributed by atoms with Crippen molar-refractivity contribution in [1.82, 2.24) is 0 Å². The Morgan fingerprint density at radius 1 is 1.13 bits per heavy atom. The number of ether oxygens (including phenoxy) is 1. The molecule has 3 nitrogen and oxygen atoms in total. The molecule has 130 valence electrons. The Kier molecular flexibility index (Phi) is 9.97. The molecule has 4 heteroatoms. The fourth-order valence-corrected chi connectivity index (χ4v) is 2.79. The molecule has 0 amide bonds. The Balaban J connectivity index is 2.51. The van der Waals surface area contributed by atoms with Gasteiger partial charge in [-0.15, -0.1) is 0 Å². The summed E-state index contributed by atoms with van der Waals surface area (Å²) in [4.78, 5) is 12.3. The number of unbranched alkanes of at least 4 members (excludes halogenated alkanes) is 5. The average Bonchev–Trinajstić information content (AvgIpc) is 2.56. The van der Waals surface area contributed by atoms with Crippen LogP contribution in [0.2, 0.25) is 5.02 Å². The summed E-state index contributed by atoms with van der Waals surface area (Å²) in [6, 6.07) is 6.83. The molecule has 2 N–H and O–H groups in total. The second kappa shape index (κ2) is 11.5. The molecule has 0 saturated heterocycles. The Hall–Kier alpha value is -1.06. The van der Waals surface area contributed by atoms with Crippen molar-refractivity contribution in [2.24, 2.45) is 5.73 Å². The maximum atomic E-state index is 12.3. The number of halogens is 1. The molecule has 23 heavy (non-hydrogen) atoms. The number of hydrogen-bond acceptors (Lipinski definition) is 3. The van der Waals surface area contributed by atoms with E-state index in [1.54, 1.807) is 24.3 Å². The molecule has 1 aromatic carbocycles. The summed E-state index contributed by atoms with van der Waals surface area (Å²) in [5.74, 6) is -0.379. The quantitative estimate of drug-likeness (QED) is 0.436. The lowest BCUT2D eigenvalue weighted by Crippen LogP contribution is -2.37. The largest absolute Gasteiger partial charge is 0.457 e. The number of benzene rings is 1. The van der Waals surface area contributed by atoms with Crippen molar-refractivity contribution in [2.75, 3.05) is 0 Å². The van der Waals surface area contributed by atoms with Gasteiger partial charge in [0.1, 0.15) is 6.10 Å². The molecule has 2 unspecified atom stereocenters. The zero-order valence-electron chi connectivity index (χ0n) is 14.4. The average molecular weight is 340 g/mol. The Labute approximate surface area is 145 Å². The van der Waals surface area contributed by atoms with Crippen molar-refractivity contribution in [3.8, 4) is 0 Å². The van der Waals surface area contributed by atoms with Gasteiger partial charge in [-0.1, -0.05) is 69.7 Å². The van der Waals surface area contributed by atoms with Crippen molar-refractivity contribution < 1.29 is 9.53 Å². The highest BCUT2D eigenvalue weighted by atomic mass is 35.5. The number of carbonyl (C=O) groups excluding carboxylic acids is 1. The van der Waals surface area contributed by atoms with Crippen LogP contribution >= 0.6 is 11.6 Å². The van der Waals surface area contributed by atoms with E-state index in [1.807, 2.05) is 6.92 Å². The van der Waals surface area contributed by atoms with Crippen LogP contribution < -0.4 is 5.73 Å². The van der Waals surface area contributed by atoms with Crippen LogP contribution in [0.4, 0.5) is 0 Å². The maximum Gasteiger partial charge on any atom is 0.339 e. The van der Waals surface area contributed by atoms with Crippen LogP contribution in [0.1, 0.15) is 75.6 Å². The van der Waals surface area contributed by atoms with Crippen molar-refractivity contribution in [1.29, 1.82) is 0 Å². The predicted molar refractivity (Wildman–Crippen MR) is 96.9 cm³/mol. The molecule has 0 aliphatic heterocycles. The number of esters is 1. The first-order valence-corrected chi connectivity index (χ1v) is 9.19. The molecule has 1 aromatic rings. The number of carbonyl (C=O) groups is 1. The van der Waals surface area contributed by atoms with E-state index in [0.29, 0.717) is 10.6 Å². The monoisotopic (exact) mass is 339 g/mol. The van der Waals surface area contributed by atoms with Gasteiger partial charge in [0, 0.05) is 6.04 Å². The van der Waals surface area contributed by atoms with Gasteiger partial charge in [0.25, 0.3) is 0 Å². The highest BCUT2D eigenvalue weighted by molar-refractivity contribution is 6.33. The highest BCUT2D eigenvalue weighted by Gasteiger charge is 2.22. The van der Waals surface area contributed by atoms with Gasteiger partial charge >= 0.3 is 5.97 Å². The molecule has 0 bridgehead atoms.